The number of hydrogen-bond acceptors (Lipinski definition) is 4. The molecule has 174 valence electrons. The highest BCUT2D eigenvalue weighted by Crippen LogP contribution is 2.28. The Hall–Kier alpha value is -1.39. The molecule has 3 N–H and O–H groups in total. The summed E-state index contributed by atoms with van der Waals surface area (Å²) in [6, 6.07) is 8.62. The van der Waals surface area contributed by atoms with Crippen LogP contribution in [0.1, 0.15) is 37.8 Å². The van der Waals surface area contributed by atoms with E-state index in [-0.39, 0.29) is 35.8 Å². The number of carbonyl (C=O) groups is 1. The number of nitrogens with one attached hydrogen (secondary N) is 3. The summed E-state index contributed by atoms with van der Waals surface area (Å²) in [5.74, 6) is 1.24. The molecule has 2 fully saturated rings. The molecule has 1 aromatic carbocycles. The largest absolute Gasteiger partial charge is 0.357 e. The molecule has 1 heterocycles. The van der Waals surface area contributed by atoms with Crippen LogP contribution in [0.4, 0.5) is 0 Å². The van der Waals surface area contributed by atoms with Gasteiger partial charge in [-0.05, 0) is 37.4 Å². The summed E-state index contributed by atoms with van der Waals surface area (Å²) in [6.07, 6.45) is 2.08. The monoisotopic (exact) mass is 542 g/mol. The maximum Gasteiger partial charge on any atom is 0.223 e. The Morgan fingerprint density at radius 3 is 2.26 bits per heavy atom. The fourth-order valence-corrected chi connectivity index (χ4v) is 3.73. The Morgan fingerprint density at radius 1 is 0.968 bits per heavy atom. The van der Waals surface area contributed by atoms with Gasteiger partial charge >= 0.3 is 0 Å². The van der Waals surface area contributed by atoms with Crippen LogP contribution in [0.15, 0.2) is 29.3 Å². The summed E-state index contributed by atoms with van der Waals surface area (Å²) in [5, 5.41) is 9.61. The number of amides is 1. The zero-order valence-corrected chi connectivity index (χ0v) is 21.4. The van der Waals surface area contributed by atoms with E-state index in [0.29, 0.717) is 19.6 Å². The highest BCUT2D eigenvalue weighted by Gasteiger charge is 2.28. The first-order valence-corrected chi connectivity index (χ1v) is 11.5. The van der Waals surface area contributed by atoms with Crippen LogP contribution in [0, 0.1) is 5.92 Å². The first kappa shape index (κ1) is 25.9. The van der Waals surface area contributed by atoms with Crippen molar-refractivity contribution in [1.29, 1.82) is 0 Å². The van der Waals surface area contributed by atoms with Crippen molar-refractivity contribution in [1.82, 2.24) is 25.8 Å². The molecule has 3 rings (SSSR count). The Balaban J connectivity index is 0.00000341. The maximum atomic E-state index is 11.7. The maximum absolute atomic E-state index is 11.7. The molecule has 0 bridgehead atoms. The fourth-order valence-electron chi connectivity index (χ4n) is 3.73. The van der Waals surface area contributed by atoms with E-state index in [2.05, 4.69) is 63.9 Å². The van der Waals surface area contributed by atoms with Crippen LogP contribution in [-0.2, 0) is 17.9 Å². The van der Waals surface area contributed by atoms with Gasteiger partial charge in [-0.15, -0.1) is 24.0 Å². The van der Waals surface area contributed by atoms with E-state index in [9.17, 15) is 4.79 Å². The van der Waals surface area contributed by atoms with Crippen molar-refractivity contribution in [2.45, 2.75) is 39.8 Å². The topological polar surface area (TPSA) is 72.0 Å². The van der Waals surface area contributed by atoms with Crippen molar-refractivity contribution in [3.63, 3.8) is 0 Å². The fraction of sp³-hybridized carbons (Fsp3) is 0.652. The third-order valence-corrected chi connectivity index (χ3v) is 5.84. The summed E-state index contributed by atoms with van der Waals surface area (Å²) in [4.78, 5) is 21.6. The van der Waals surface area contributed by atoms with Gasteiger partial charge in [0.2, 0.25) is 5.91 Å². The average Bonchev–Trinajstić information content (AvgIpc) is 3.62. The van der Waals surface area contributed by atoms with Crippen molar-refractivity contribution in [2.75, 3.05) is 52.4 Å². The first-order valence-electron chi connectivity index (χ1n) is 11.5. The number of hydrogen-bond donors (Lipinski definition) is 3. The minimum absolute atomic E-state index is 0. The van der Waals surface area contributed by atoms with Gasteiger partial charge in [0.25, 0.3) is 0 Å². The number of piperazine rings is 1. The van der Waals surface area contributed by atoms with E-state index < -0.39 is 0 Å². The molecule has 7 nitrogen and oxygen atoms in total. The van der Waals surface area contributed by atoms with Crippen LogP contribution in [0.3, 0.4) is 0 Å². The zero-order chi connectivity index (χ0) is 21.2. The predicted molar refractivity (Wildman–Crippen MR) is 138 cm³/mol. The molecule has 31 heavy (non-hydrogen) atoms. The van der Waals surface area contributed by atoms with E-state index in [4.69, 9.17) is 4.99 Å². The first-order chi connectivity index (χ1) is 14.7. The second-order valence-corrected chi connectivity index (χ2v) is 8.17. The summed E-state index contributed by atoms with van der Waals surface area (Å²) in [6.45, 7) is 13.8. The molecule has 2 aliphatic rings. The van der Waals surface area contributed by atoms with E-state index >= 15 is 0 Å². The SMILES string of the molecule is CCNC(=NCc1ccccc1CN1CCN(CC)CC1)NCCNC(=O)C1CC1.I. The standard InChI is InChI=1S/C23H38N6O.HI/c1-3-24-23(26-12-11-25-22(30)19-9-10-19)27-17-20-7-5-6-8-21(20)18-29-15-13-28(4-2)14-16-29;/h5-8,19H,3-4,9-18H2,1-2H3,(H,25,30)(H2,24,26,27);1H. The Bertz CT molecular complexity index is 701. The van der Waals surface area contributed by atoms with Gasteiger partial charge in [-0.3, -0.25) is 9.69 Å². The number of halogens is 1. The van der Waals surface area contributed by atoms with Crippen LogP contribution in [0.2, 0.25) is 0 Å². The van der Waals surface area contributed by atoms with Crippen molar-refractivity contribution < 1.29 is 4.79 Å². The molecule has 0 atom stereocenters. The lowest BCUT2D eigenvalue weighted by atomic mass is 10.1. The van der Waals surface area contributed by atoms with Crippen LogP contribution >= 0.6 is 24.0 Å². The van der Waals surface area contributed by atoms with Gasteiger partial charge in [0.05, 0.1) is 6.54 Å². The number of aliphatic imine (C=N–C) groups is 1. The molecule has 0 aromatic heterocycles. The van der Waals surface area contributed by atoms with Crippen LogP contribution in [0.25, 0.3) is 0 Å². The highest BCUT2D eigenvalue weighted by atomic mass is 127. The Kier molecular flexibility index (Phi) is 11.6. The second kappa shape index (κ2) is 13.9. The molecule has 1 aliphatic carbocycles. The van der Waals surface area contributed by atoms with Gasteiger partial charge < -0.3 is 20.9 Å². The molecule has 1 aliphatic heterocycles. The molecular weight excluding hydrogens is 503 g/mol. The van der Waals surface area contributed by atoms with Gasteiger partial charge in [0, 0.05) is 58.3 Å². The lowest BCUT2D eigenvalue weighted by Gasteiger charge is -2.34. The summed E-state index contributed by atoms with van der Waals surface area (Å²) in [5.41, 5.74) is 2.63. The molecular formula is C23H39IN6O. The Morgan fingerprint density at radius 2 is 1.61 bits per heavy atom. The van der Waals surface area contributed by atoms with Gasteiger partial charge in [0.15, 0.2) is 5.96 Å². The predicted octanol–water partition coefficient (Wildman–Crippen LogP) is 2.02. The zero-order valence-electron chi connectivity index (χ0n) is 19.0. The number of rotatable bonds is 10. The van der Waals surface area contributed by atoms with Crippen LogP contribution in [-0.4, -0.2) is 74.0 Å². The third kappa shape index (κ3) is 8.94. The molecule has 1 saturated heterocycles. The third-order valence-electron chi connectivity index (χ3n) is 5.84. The molecule has 1 aromatic rings. The van der Waals surface area contributed by atoms with Gasteiger partial charge in [-0.1, -0.05) is 31.2 Å². The van der Waals surface area contributed by atoms with Crippen molar-refractivity contribution >= 4 is 35.8 Å². The molecule has 0 radical (unpaired) electrons. The average molecular weight is 543 g/mol. The molecule has 0 unspecified atom stereocenters. The van der Waals surface area contributed by atoms with Crippen molar-refractivity contribution in [3.05, 3.63) is 35.4 Å². The molecule has 8 heteroatoms. The van der Waals surface area contributed by atoms with Gasteiger partial charge in [0.1, 0.15) is 0 Å². The van der Waals surface area contributed by atoms with Crippen LogP contribution in [0.5, 0.6) is 0 Å². The van der Waals surface area contributed by atoms with Crippen molar-refractivity contribution in [3.8, 4) is 0 Å². The van der Waals surface area contributed by atoms with E-state index in [0.717, 1.165) is 64.6 Å². The van der Waals surface area contributed by atoms with Crippen LogP contribution < -0.4 is 16.0 Å². The quantitative estimate of drug-likeness (QED) is 0.183. The van der Waals surface area contributed by atoms with E-state index in [1.165, 1.54) is 11.1 Å². The number of carbonyl (C=O) groups excluding carboxylic acids is 1. The second-order valence-electron chi connectivity index (χ2n) is 8.17. The highest BCUT2D eigenvalue weighted by molar-refractivity contribution is 14.0. The normalized spacial score (nSPS) is 17.7. The molecule has 1 saturated carbocycles. The molecule has 0 spiro atoms. The minimum Gasteiger partial charge on any atom is -0.357 e. The van der Waals surface area contributed by atoms with E-state index in [1.807, 2.05) is 0 Å². The van der Waals surface area contributed by atoms with Gasteiger partial charge in [-0.2, -0.15) is 0 Å². The minimum atomic E-state index is 0. The number of nitrogens with zero attached hydrogens (tertiary/aromatic N) is 3. The number of guanidine groups is 1. The molecule has 1 amide bonds. The Labute approximate surface area is 204 Å². The smallest absolute Gasteiger partial charge is 0.223 e. The number of likely N-dealkylation sites (N-methyl/N-ethyl adjacent to an activating group) is 1. The summed E-state index contributed by atoms with van der Waals surface area (Å²) in [7, 11) is 0. The lowest BCUT2D eigenvalue weighted by molar-refractivity contribution is -0.122. The lowest BCUT2D eigenvalue weighted by Crippen LogP contribution is -2.45. The summed E-state index contributed by atoms with van der Waals surface area (Å²) >= 11 is 0. The van der Waals surface area contributed by atoms with Crippen molar-refractivity contribution in [2.24, 2.45) is 10.9 Å². The summed E-state index contributed by atoms with van der Waals surface area (Å²) < 4.78 is 0. The number of benzene rings is 1. The van der Waals surface area contributed by atoms with E-state index in [1.54, 1.807) is 0 Å². The van der Waals surface area contributed by atoms with Gasteiger partial charge in [-0.25, -0.2) is 4.99 Å².